The van der Waals surface area contributed by atoms with Crippen molar-refractivity contribution >= 4 is 5.97 Å². The van der Waals surface area contributed by atoms with E-state index in [1.54, 1.807) is 6.08 Å². The van der Waals surface area contributed by atoms with E-state index in [4.69, 9.17) is 14.2 Å². The third kappa shape index (κ3) is 4.33. The monoisotopic (exact) mass is 228 g/mol. The smallest absolute Gasteiger partial charge is 0.303 e. The van der Waals surface area contributed by atoms with Crippen LogP contribution in [-0.4, -0.2) is 31.1 Å². The van der Waals surface area contributed by atoms with E-state index in [1.165, 1.54) is 6.92 Å². The van der Waals surface area contributed by atoms with E-state index in [9.17, 15) is 4.79 Å². The lowest BCUT2D eigenvalue weighted by Gasteiger charge is -2.29. The van der Waals surface area contributed by atoms with Crippen molar-refractivity contribution in [1.29, 1.82) is 0 Å². The Morgan fingerprint density at radius 3 is 2.75 bits per heavy atom. The topological polar surface area (TPSA) is 44.8 Å². The van der Waals surface area contributed by atoms with Gasteiger partial charge in [0.2, 0.25) is 0 Å². The number of hydrogen-bond donors (Lipinski definition) is 0. The molecular formula is C12H20O4. The third-order valence-corrected chi connectivity index (χ3v) is 2.35. The van der Waals surface area contributed by atoms with Crippen LogP contribution in [0.3, 0.4) is 0 Å². The second kappa shape index (κ2) is 6.66. The van der Waals surface area contributed by atoms with E-state index in [0.717, 1.165) is 12.8 Å². The Kier molecular flexibility index (Phi) is 5.49. The molecule has 1 heterocycles. The molecule has 0 radical (unpaired) electrons. The quantitative estimate of drug-likeness (QED) is 0.410. The van der Waals surface area contributed by atoms with Gasteiger partial charge in [-0.05, 0) is 25.5 Å². The molecule has 3 atom stereocenters. The highest BCUT2D eigenvalue weighted by Crippen LogP contribution is 2.16. The highest BCUT2D eigenvalue weighted by atomic mass is 16.7. The summed E-state index contributed by atoms with van der Waals surface area (Å²) in [6.45, 7) is 6.06. The zero-order chi connectivity index (χ0) is 12.0. The van der Waals surface area contributed by atoms with Crippen molar-refractivity contribution in [3.05, 3.63) is 12.2 Å². The number of ether oxygens (including phenoxy) is 3. The van der Waals surface area contributed by atoms with Crippen LogP contribution in [0.15, 0.2) is 12.2 Å². The minimum absolute atomic E-state index is 0.166. The standard InChI is InChI=1S/C12H20O4/c1-4-5-8-14-12-7-6-11(9(2)15-12)16-10(3)13/h6-7,9,11-12H,4-5,8H2,1-3H3/t9-,11+,12+/m1/s1. The Morgan fingerprint density at radius 2 is 2.19 bits per heavy atom. The fourth-order valence-electron chi connectivity index (χ4n) is 1.46. The summed E-state index contributed by atoms with van der Waals surface area (Å²) in [5.74, 6) is -0.296. The van der Waals surface area contributed by atoms with Crippen molar-refractivity contribution in [3.8, 4) is 0 Å². The van der Waals surface area contributed by atoms with Crippen LogP contribution >= 0.6 is 0 Å². The molecule has 0 unspecified atom stereocenters. The van der Waals surface area contributed by atoms with Gasteiger partial charge in [-0.15, -0.1) is 0 Å². The maximum atomic E-state index is 10.8. The van der Waals surface area contributed by atoms with E-state index >= 15 is 0 Å². The maximum Gasteiger partial charge on any atom is 0.303 e. The summed E-state index contributed by atoms with van der Waals surface area (Å²) < 4.78 is 16.1. The molecule has 4 nitrogen and oxygen atoms in total. The molecule has 0 aliphatic carbocycles. The highest BCUT2D eigenvalue weighted by molar-refractivity contribution is 5.66. The molecule has 92 valence electrons. The first-order valence-electron chi connectivity index (χ1n) is 5.76. The van der Waals surface area contributed by atoms with E-state index in [-0.39, 0.29) is 24.5 Å². The summed E-state index contributed by atoms with van der Waals surface area (Å²) in [5, 5.41) is 0. The number of carbonyl (C=O) groups is 1. The van der Waals surface area contributed by atoms with Crippen LogP contribution in [0.2, 0.25) is 0 Å². The third-order valence-electron chi connectivity index (χ3n) is 2.35. The van der Waals surface area contributed by atoms with Gasteiger partial charge in [-0.3, -0.25) is 4.79 Å². The molecule has 0 amide bonds. The second-order valence-electron chi connectivity index (χ2n) is 3.89. The number of esters is 1. The molecular weight excluding hydrogens is 208 g/mol. The Hall–Kier alpha value is -0.870. The molecule has 16 heavy (non-hydrogen) atoms. The molecule has 4 heteroatoms. The van der Waals surface area contributed by atoms with Crippen molar-refractivity contribution in [1.82, 2.24) is 0 Å². The van der Waals surface area contributed by atoms with Gasteiger partial charge >= 0.3 is 5.97 Å². The fourth-order valence-corrected chi connectivity index (χ4v) is 1.46. The number of unbranched alkanes of at least 4 members (excludes halogenated alkanes) is 1. The predicted octanol–water partition coefficient (Wildman–Crippen LogP) is 2.04. The summed E-state index contributed by atoms with van der Waals surface area (Å²) in [4.78, 5) is 10.8. The maximum absolute atomic E-state index is 10.8. The molecule has 0 N–H and O–H groups in total. The summed E-state index contributed by atoms with van der Waals surface area (Å²) in [5.41, 5.74) is 0. The van der Waals surface area contributed by atoms with Gasteiger partial charge in [0.05, 0.1) is 12.7 Å². The predicted molar refractivity (Wildman–Crippen MR) is 59.9 cm³/mol. The lowest BCUT2D eigenvalue weighted by Crippen LogP contribution is -2.36. The molecule has 1 rings (SSSR count). The van der Waals surface area contributed by atoms with Gasteiger partial charge in [0.1, 0.15) is 6.10 Å². The van der Waals surface area contributed by atoms with Crippen LogP contribution in [0.25, 0.3) is 0 Å². The van der Waals surface area contributed by atoms with Crippen molar-refractivity contribution < 1.29 is 19.0 Å². The number of rotatable bonds is 5. The SMILES string of the molecule is CCCCO[C@@H]1C=C[C@H](OC(C)=O)[C@@H](C)O1. The molecule has 0 aromatic carbocycles. The summed E-state index contributed by atoms with van der Waals surface area (Å²) in [6, 6.07) is 0. The van der Waals surface area contributed by atoms with Gasteiger partial charge in [0, 0.05) is 6.92 Å². The van der Waals surface area contributed by atoms with Gasteiger partial charge in [0.25, 0.3) is 0 Å². The molecule has 0 aromatic rings. The highest BCUT2D eigenvalue weighted by Gasteiger charge is 2.25. The molecule has 0 saturated carbocycles. The molecule has 0 saturated heterocycles. The fraction of sp³-hybridized carbons (Fsp3) is 0.750. The lowest BCUT2D eigenvalue weighted by atomic mass is 10.1. The van der Waals surface area contributed by atoms with Crippen LogP contribution in [0.1, 0.15) is 33.6 Å². The molecule has 1 aliphatic rings. The molecule has 1 aliphatic heterocycles. The van der Waals surface area contributed by atoms with Crippen molar-refractivity contribution in [3.63, 3.8) is 0 Å². The number of hydrogen-bond acceptors (Lipinski definition) is 4. The molecule has 0 bridgehead atoms. The first-order chi connectivity index (χ1) is 7.63. The minimum Gasteiger partial charge on any atom is -0.456 e. The Bertz CT molecular complexity index is 249. The zero-order valence-corrected chi connectivity index (χ0v) is 10.1. The molecule has 0 fully saturated rings. The van der Waals surface area contributed by atoms with Crippen LogP contribution in [0.4, 0.5) is 0 Å². The lowest BCUT2D eigenvalue weighted by molar-refractivity contribution is -0.181. The minimum atomic E-state index is -0.312. The van der Waals surface area contributed by atoms with Crippen LogP contribution in [-0.2, 0) is 19.0 Å². The normalized spacial score (nSPS) is 29.1. The molecule has 0 aromatic heterocycles. The average Bonchev–Trinajstić information content (AvgIpc) is 2.22. The van der Waals surface area contributed by atoms with Gasteiger partial charge in [-0.2, -0.15) is 0 Å². The summed E-state index contributed by atoms with van der Waals surface area (Å²) in [7, 11) is 0. The van der Waals surface area contributed by atoms with Crippen molar-refractivity contribution in [2.75, 3.05) is 6.61 Å². The van der Waals surface area contributed by atoms with E-state index in [0.29, 0.717) is 6.61 Å². The van der Waals surface area contributed by atoms with Gasteiger partial charge in [-0.1, -0.05) is 13.3 Å². The van der Waals surface area contributed by atoms with E-state index in [2.05, 4.69) is 6.92 Å². The average molecular weight is 228 g/mol. The zero-order valence-electron chi connectivity index (χ0n) is 10.1. The van der Waals surface area contributed by atoms with Crippen LogP contribution < -0.4 is 0 Å². The Morgan fingerprint density at radius 1 is 1.44 bits per heavy atom. The largest absolute Gasteiger partial charge is 0.456 e. The Balaban J connectivity index is 2.37. The Labute approximate surface area is 96.6 Å². The van der Waals surface area contributed by atoms with Gasteiger partial charge < -0.3 is 14.2 Å². The van der Waals surface area contributed by atoms with E-state index < -0.39 is 0 Å². The summed E-state index contributed by atoms with van der Waals surface area (Å²) in [6.07, 6.45) is 4.96. The first kappa shape index (κ1) is 13.2. The number of carbonyl (C=O) groups excluding carboxylic acids is 1. The van der Waals surface area contributed by atoms with Gasteiger partial charge in [-0.25, -0.2) is 0 Å². The second-order valence-corrected chi connectivity index (χ2v) is 3.89. The van der Waals surface area contributed by atoms with Crippen LogP contribution in [0, 0.1) is 0 Å². The van der Waals surface area contributed by atoms with Gasteiger partial charge in [0.15, 0.2) is 6.29 Å². The van der Waals surface area contributed by atoms with Crippen molar-refractivity contribution in [2.45, 2.75) is 52.1 Å². The van der Waals surface area contributed by atoms with Crippen molar-refractivity contribution in [2.24, 2.45) is 0 Å². The molecule has 0 spiro atoms. The summed E-state index contributed by atoms with van der Waals surface area (Å²) >= 11 is 0. The van der Waals surface area contributed by atoms with Crippen LogP contribution in [0.5, 0.6) is 0 Å². The first-order valence-corrected chi connectivity index (χ1v) is 5.76. The van der Waals surface area contributed by atoms with E-state index in [1.807, 2.05) is 13.0 Å².